The van der Waals surface area contributed by atoms with E-state index < -0.39 is 6.04 Å². The number of halogens is 2. The minimum atomic E-state index is -0.649. The van der Waals surface area contributed by atoms with Crippen molar-refractivity contribution in [2.45, 2.75) is 52.2 Å². The average molecular weight is 451 g/mol. The Morgan fingerprint density at radius 2 is 1.87 bits per heavy atom. The first-order valence-electron chi connectivity index (χ1n) is 9.91. The number of nitrogens with one attached hydrogen (secondary N) is 1. The molecular formula is C23H28Cl2N2O3. The molecule has 2 atom stereocenters. The van der Waals surface area contributed by atoms with Gasteiger partial charge in [-0.3, -0.25) is 9.59 Å². The van der Waals surface area contributed by atoms with Gasteiger partial charge in [-0.15, -0.1) is 0 Å². The second-order valence-corrected chi connectivity index (χ2v) is 8.12. The van der Waals surface area contributed by atoms with Crippen LogP contribution in [0.2, 0.25) is 10.0 Å². The molecule has 7 heteroatoms. The summed E-state index contributed by atoms with van der Waals surface area (Å²) in [6.45, 7) is 5.94. The van der Waals surface area contributed by atoms with E-state index in [1.165, 1.54) is 0 Å². The highest BCUT2D eigenvalue weighted by atomic mass is 35.5. The van der Waals surface area contributed by atoms with E-state index in [1.807, 2.05) is 38.1 Å². The standard InChI is InChI=1S/C23H28Cl2N2O3/c1-5-15(2)26-23(29)16(3)27(14-17-7-6-8-20(11-17)30-4)22(28)12-18-9-10-19(24)13-21(18)25/h6-11,13,15-16H,5,12,14H2,1-4H3,(H,26,29)/t15-,16-/m1/s1. The summed E-state index contributed by atoms with van der Waals surface area (Å²) in [5.74, 6) is 0.300. The minimum Gasteiger partial charge on any atom is -0.497 e. The van der Waals surface area contributed by atoms with Crippen LogP contribution in [0.4, 0.5) is 0 Å². The molecule has 2 amide bonds. The Morgan fingerprint density at radius 3 is 2.50 bits per heavy atom. The number of carbonyl (C=O) groups excluding carboxylic acids is 2. The van der Waals surface area contributed by atoms with Gasteiger partial charge in [0, 0.05) is 22.6 Å². The van der Waals surface area contributed by atoms with Gasteiger partial charge in [0.25, 0.3) is 0 Å². The van der Waals surface area contributed by atoms with E-state index >= 15 is 0 Å². The van der Waals surface area contributed by atoms with Gasteiger partial charge >= 0.3 is 0 Å². The second kappa shape index (κ2) is 11.2. The van der Waals surface area contributed by atoms with Crippen LogP contribution in [0.3, 0.4) is 0 Å². The second-order valence-electron chi connectivity index (χ2n) is 7.28. The molecule has 0 radical (unpaired) electrons. The molecule has 0 spiro atoms. The first kappa shape index (κ1) is 24.0. The number of benzene rings is 2. The van der Waals surface area contributed by atoms with E-state index in [1.54, 1.807) is 37.1 Å². The van der Waals surface area contributed by atoms with Gasteiger partial charge in [0.15, 0.2) is 0 Å². The third-order valence-electron chi connectivity index (χ3n) is 5.01. The summed E-state index contributed by atoms with van der Waals surface area (Å²) < 4.78 is 5.28. The van der Waals surface area contributed by atoms with Crippen molar-refractivity contribution >= 4 is 35.0 Å². The van der Waals surface area contributed by atoms with Crippen LogP contribution in [-0.4, -0.2) is 35.9 Å². The van der Waals surface area contributed by atoms with Crippen molar-refractivity contribution < 1.29 is 14.3 Å². The zero-order valence-electron chi connectivity index (χ0n) is 17.7. The maximum Gasteiger partial charge on any atom is 0.242 e. The molecule has 0 heterocycles. The predicted octanol–water partition coefficient (Wildman–Crippen LogP) is 4.88. The Balaban J connectivity index is 2.28. The highest BCUT2D eigenvalue weighted by molar-refractivity contribution is 6.35. The van der Waals surface area contributed by atoms with E-state index in [9.17, 15) is 9.59 Å². The monoisotopic (exact) mass is 450 g/mol. The van der Waals surface area contributed by atoms with Gasteiger partial charge in [-0.05, 0) is 55.7 Å². The van der Waals surface area contributed by atoms with Crippen LogP contribution in [-0.2, 0) is 22.6 Å². The number of carbonyl (C=O) groups is 2. The predicted molar refractivity (Wildman–Crippen MR) is 121 cm³/mol. The number of rotatable bonds is 9. The van der Waals surface area contributed by atoms with Crippen molar-refractivity contribution in [3.05, 3.63) is 63.6 Å². The average Bonchev–Trinajstić information content (AvgIpc) is 2.73. The normalized spacial score (nSPS) is 12.7. The van der Waals surface area contributed by atoms with Crippen LogP contribution in [0.1, 0.15) is 38.3 Å². The van der Waals surface area contributed by atoms with Crippen LogP contribution >= 0.6 is 23.2 Å². The largest absolute Gasteiger partial charge is 0.497 e. The van der Waals surface area contributed by atoms with Crippen molar-refractivity contribution in [1.29, 1.82) is 0 Å². The molecule has 0 aliphatic carbocycles. The third-order valence-corrected chi connectivity index (χ3v) is 5.60. The van der Waals surface area contributed by atoms with Crippen LogP contribution in [0, 0.1) is 0 Å². The maximum absolute atomic E-state index is 13.2. The molecule has 0 unspecified atom stereocenters. The lowest BCUT2D eigenvalue weighted by molar-refractivity contribution is -0.140. The molecule has 0 fully saturated rings. The van der Waals surface area contributed by atoms with Crippen molar-refractivity contribution in [2.24, 2.45) is 0 Å². The summed E-state index contributed by atoms with van der Waals surface area (Å²) in [7, 11) is 1.59. The van der Waals surface area contributed by atoms with Crippen molar-refractivity contribution in [2.75, 3.05) is 7.11 Å². The van der Waals surface area contributed by atoms with E-state index in [0.717, 1.165) is 12.0 Å². The third kappa shape index (κ3) is 6.64. The molecule has 0 aromatic heterocycles. The van der Waals surface area contributed by atoms with E-state index in [4.69, 9.17) is 27.9 Å². The Kier molecular flexibility index (Phi) is 9.00. The number of amides is 2. The van der Waals surface area contributed by atoms with Gasteiger partial charge in [0.05, 0.1) is 13.5 Å². The SMILES string of the molecule is CC[C@@H](C)NC(=O)[C@@H](C)N(Cc1cccc(OC)c1)C(=O)Cc1ccc(Cl)cc1Cl. The van der Waals surface area contributed by atoms with Crippen molar-refractivity contribution in [3.63, 3.8) is 0 Å². The van der Waals surface area contributed by atoms with Gasteiger partial charge < -0.3 is 15.0 Å². The van der Waals surface area contributed by atoms with E-state index in [2.05, 4.69) is 5.32 Å². The quantitative estimate of drug-likeness (QED) is 0.592. The molecule has 162 valence electrons. The van der Waals surface area contributed by atoms with Gasteiger partial charge in [0.2, 0.25) is 11.8 Å². The Hall–Kier alpha value is -2.24. The Morgan fingerprint density at radius 1 is 1.13 bits per heavy atom. The van der Waals surface area contributed by atoms with Gasteiger partial charge in [-0.25, -0.2) is 0 Å². The topological polar surface area (TPSA) is 58.6 Å². The highest BCUT2D eigenvalue weighted by Gasteiger charge is 2.27. The molecule has 1 N–H and O–H groups in total. The molecule has 2 aromatic rings. The highest BCUT2D eigenvalue weighted by Crippen LogP contribution is 2.23. The first-order chi connectivity index (χ1) is 14.2. The number of methoxy groups -OCH3 is 1. The summed E-state index contributed by atoms with van der Waals surface area (Å²) in [5, 5.41) is 3.88. The van der Waals surface area contributed by atoms with Crippen molar-refractivity contribution in [1.82, 2.24) is 10.2 Å². The van der Waals surface area contributed by atoms with Gasteiger partial charge in [-0.1, -0.05) is 48.3 Å². The first-order valence-corrected chi connectivity index (χ1v) is 10.7. The summed E-state index contributed by atoms with van der Waals surface area (Å²) >= 11 is 12.2. The molecule has 2 rings (SSSR count). The summed E-state index contributed by atoms with van der Waals surface area (Å²) in [5.41, 5.74) is 1.53. The lowest BCUT2D eigenvalue weighted by Gasteiger charge is -2.30. The summed E-state index contributed by atoms with van der Waals surface area (Å²) in [6, 6.07) is 11.9. The fraction of sp³-hybridized carbons (Fsp3) is 0.391. The molecule has 0 bridgehead atoms. The lowest BCUT2D eigenvalue weighted by Crippen LogP contribution is -2.49. The Bertz CT molecular complexity index is 889. The van der Waals surface area contributed by atoms with Gasteiger partial charge in [0.1, 0.15) is 11.8 Å². The van der Waals surface area contributed by atoms with Crippen molar-refractivity contribution in [3.8, 4) is 5.75 Å². The van der Waals surface area contributed by atoms with E-state index in [-0.39, 0.29) is 30.8 Å². The zero-order chi connectivity index (χ0) is 22.3. The molecule has 0 aliphatic heterocycles. The van der Waals surface area contributed by atoms with Gasteiger partial charge in [-0.2, -0.15) is 0 Å². The lowest BCUT2D eigenvalue weighted by atomic mass is 10.1. The van der Waals surface area contributed by atoms with Crippen LogP contribution in [0.25, 0.3) is 0 Å². The summed E-state index contributed by atoms with van der Waals surface area (Å²) in [6.07, 6.45) is 0.879. The molecule has 2 aromatic carbocycles. The van der Waals surface area contributed by atoms with Crippen LogP contribution < -0.4 is 10.1 Å². The molecular weight excluding hydrogens is 423 g/mol. The molecule has 0 saturated carbocycles. The number of nitrogens with zero attached hydrogens (tertiary/aromatic N) is 1. The molecule has 0 aliphatic rings. The summed E-state index contributed by atoms with van der Waals surface area (Å²) in [4.78, 5) is 27.6. The minimum absolute atomic E-state index is 0.0273. The molecule has 0 saturated heterocycles. The number of hydrogen-bond donors (Lipinski definition) is 1. The van der Waals surface area contributed by atoms with Crippen LogP contribution in [0.5, 0.6) is 5.75 Å². The van der Waals surface area contributed by atoms with E-state index in [0.29, 0.717) is 21.4 Å². The number of hydrogen-bond acceptors (Lipinski definition) is 3. The Labute approximate surface area is 188 Å². The smallest absolute Gasteiger partial charge is 0.242 e. The fourth-order valence-corrected chi connectivity index (χ4v) is 3.42. The number of ether oxygens (including phenoxy) is 1. The molecule has 30 heavy (non-hydrogen) atoms. The maximum atomic E-state index is 13.2. The fourth-order valence-electron chi connectivity index (χ4n) is 2.95. The zero-order valence-corrected chi connectivity index (χ0v) is 19.3. The van der Waals surface area contributed by atoms with Crippen LogP contribution in [0.15, 0.2) is 42.5 Å². The molecule has 5 nitrogen and oxygen atoms in total.